The van der Waals surface area contributed by atoms with Gasteiger partial charge in [0.15, 0.2) is 0 Å². The minimum atomic E-state index is 0. The van der Waals surface area contributed by atoms with Gasteiger partial charge in [0.1, 0.15) is 0 Å². The van der Waals surface area contributed by atoms with E-state index in [9.17, 15) is 0 Å². The maximum Gasteiger partial charge on any atom is 1.00 e. The van der Waals surface area contributed by atoms with Crippen molar-refractivity contribution in [2.75, 3.05) is 14.1 Å². The first kappa shape index (κ1) is 11.8. The van der Waals surface area contributed by atoms with E-state index >= 15 is 0 Å². The number of hydrogen-bond donors (Lipinski definition) is 0. The molecule has 0 fully saturated rings. The Morgan fingerprint density at radius 2 is 1.82 bits per heavy atom. The van der Waals surface area contributed by atoms with Crippen molar-refractivity contribution in [3.05, 3.63) is 35.9 Å². The maximum atomic E-state index is 2.99. The zero-order chi connectivity index (χ0) is 7.40. The van der Waals surface area contributed by atoms with Crippen LogP contribution in [0.4, 0.5) is 0 Å². The Morgan fingerprint density at radius 1 is 1.27 bits per heavy atom. The summed E-state index contributed by atoms with van der Waals surface area (Å²) in [5, 5.41) is 0. The van der Waals surface area contributed by atoms with Gasteiger partial charge in [0.2, 0.25) is 0 Å². The molecule has 1 rings (SSSR count). The number of nitrogens with zero attached hydrogens (tertiary/aromatic N) is 1. The molecule has 0 heterocycles. The predicted octanol–water partition coefficient (Wildman–Crippen LogP) is -1.45. The molecule has 0 saturated heterocycles. The maximum absolute atomic E-state index is 2.99. The fourth-order valence-corrected chi connectivity index (χ4v) is 0.892. The molecule has 0 atom stereocenters. The van der Waals surface area contributed by atoms with Crippen molar-refractivity contribution in [2.24, 2.45) is 0 Å². The Bertz CT molecular complexity index is 184. The van der Waals surface area contributed by atoms with Crippen LogP contribution in [0.5, 0.6) is 0 Å². The second kappa shape index (κ2) is 6.35. The van der Waals surface area contributed by atoms with Crippen molar-refractivity contribution in [1.82, 2.24) is 4.90 Å². The third-order valence-corrected chi connectivity index (χ3v) is 1.29. The number of benzene rings is 1. The van der Waals surface area contributed by atoms with Gasteiger partial charge in [-0.3, -0.25) is 0 Å². The Hall–Kier alpha value is 0.816. The summed E-state index contributed by atoms with van der Waals surface area (Å²) in [7, 11) is 4.13. The normalized spacial score (nSPS) is 9.36. The van der Waals surface area contributed by atoms with E-state index in [4.69, 9.17) is 0 Å². The van der Waals surface area contributed by atoms with Crippen LogP contribution in [0, 0.1) is 6.07 Å². The first-order valence-corrected chi connectivity index (χ1v) is 3.39. The molecular formula is C9H12KN. The third kappa shape index (κ3) is 5.12. The Balaban J connectivity index is 0.000001000. The third-order valence-electron chi connectivity index (χ3n) is 1.29. The van der Waals surface area contributed by atoms with Crippen molar-refractivity contribution in [3.8, 4) is 0 Å². The van der Waals surface area contributed by atoms with E-state index in [0.717, 1.165) is 6.54 Å². The summed E-state index contributed by atoms with van der Waals surface area (Å²) in [6.45, 7) is 1.01. The summed E-state index contributed by atoms with van der Waals surface area (Å²) in [5.74, 6) is 0. The average molecular weight is 173 g/mol. The van der Waals surface area contributed by atoms with Crippen molar-refractivity contribution < 1.29 is 51.4 Å². The van der Waals surface area contributed by atoms with Crippen LogP contribution in [0.25, 0.3) is 0 Å². The smallest absolute Gasteiger partial charge is 0.307 e. The van der Waals surface area contributed by atoms with Crippen LogP contribution < -0.4 is 51.4 Å². The molecule has 0 radical (unpaired) electrons. The monoisotopic (exact) mass is 173 g/mol. The van der Waals surface area contributed by atoms with Gasteiger partial charge >= 0.3 is 51.4 Å². The summed E-state index contributed by atoms with van der Waals surface area (Å²) >= 11 is 0. The molecule has 0 unspecified atom stereocenters. The van der Waals surface area contributed by atoms with E-state index in [1.54, 1.807) is 0 Å². The van der Waals surface area contributed by atoms with Gasteiger partial charge in [0.25, 0.3) is 0 Å². The summed E-state index contributed by atoms with van der Waals surface area (Å²) in [4.78, 5) is 2.15. The molecule has 0 aromatic heterocycles. The molecule has 54 valence electrons. The Labute approximate surface area is 111 Å². The van der Waals surface area contributed by atoms with Crippen molar-refractivity contribution in [1.29, 1.82) is 0 Å². The van der Waals surface area contributed by atoms with Gasteiger partial charge in [0, 0.05) is 6.54 Å². The molecule has 1 aromatic carbocycles. The standard InChI is InChI=1S/C9H12N.K/c1-10(2)8-9-6-4-3-5-7-9;/h4-7H,8H2,1-2H3;/q-1;+1. The van der Waals surface area contributed by atoms with Crippen LogP contribution in [0.15, 0.2) is 24.3 Å². The second-order valence-corrected chi connectivity index (χ2v) is 2.65. The van der Waals surface area contributed by atoms with Crippen molar-refractivity contribution >= 4 is 0 Å². The van der Waals surface area contributed by atoms with E-state index in [2.05, 4.69) is 37.2 Å². The molecule has 0 N–H and O–H groups in total. The van der Waals surface area contributed by atoms with Gasteiger partial charge in [-0.05, 0) is 14.1 Å². The van der Waals surface area contributed by atoms with Gasteiger partial charge in [-0.15, -0.1) is 5.56 Å². The molecule has 0 aliphatic heterocycles. The molecule has 1 nitrogen and oxygen atoms in total. The molecule has 0 spiro atoms. The Morgan fingerprint density at radius 3 is 2.27 bits per heavy atom. The van der Waals surface area contributed by atoms with Crippen LogP contribution in [-0.4, -0.2) is 19.0 Å². The summed E-state index contributed by atoms with van der Waals surface area (Å²) in [6, 6.07) is 11.0. The summed E-state index contributed by atoms with van der Waals surface area (Å²) in [6.07, 6.45) is 0. The molecule has 0 bridgehead atoms. The van der Waals surface area contributed by atoms with Crippen LogP contribution in [0.3, 0.4) is 0 Å². The van der Waals surface area contributed by atoms with Crippen molar-refractivity contribution in [2.45, 2.75) is 6.54 Å². The predicted molar refractivity (Wildman–Crippen MR) is 42.7 cm³/mol. The molecule has 0 amide bonds. The zero-order valence-corrected chi connectivity index (χ0v) is 10.6. The SMILES string of the molecule is CN(C)Cc1cc[c-]cc1.[K+]. The number of hydrogen-bond acceptors (Lipinski definition) is 1. The molecule has 0 aliphatic rings. The topological polar surface area (TPSA) is 3.24 Å². The zero-order valence-electron chi connectivity index (χ0n) is 7.46. The largest absolute Gasteiger partial charge is 1.00 e. The van der Waals surface area contributed by atoms with Gasteiger partial charge in [0.05, 0.1) is 0 Å². The Kier molecular flexibility index (Phi) is 6.82. The van der Waals surface area contributed by atoms with Crippen LogP contribution in [-0.2, 0) is 6.54 Å². The van der Waals surface area contributed by atoms with Gasteiger partial charge < -0.3 is 4.90 Å². The van der Waals surface area contributed by atoms with Gasteiger partial charge in [-0.1, -0.05) is 0 Å². The molecule has 0 saturated carbocycles. The number of rotatable bonds is 2. The quantitative estimate of drug-likeness (QED) is 0.391. The second-order valence-electron chi connectivity index (χ2n) is 2.65. The van der Waals surface area contributed by atoms with Crippen LogP contribution in [0.2, 0.25) is 0 Å². The van der Waals surface area contributed by atoms with E-state index in [1.165, 1.54) is 5.56 Å². The minimum absolute atomic E-state index is 0. The molecule has 11 heavy (non-hydrogen) atoms. The molecule has 1 aromatic rings. The molecular weight excluding hydrogens is 161 g/mol. The van der Waals surface area contributed by atoms with Gasteiger partial charge in [-0.2, -0.15) is 30.3 Å². The van der Waals surface area contributed by atoms with Gasteiger partial charge in [-0.25, -0.2) is 0 Å². The van der Waals surface area contributed by atoms with E-state index < -0.39 is 0 Å². The average Bonchev–Trinajstić information content (AvgIpc) is 1.88. The van der Waals surface area contributed by atoms with Crippen molar-refractivity contribution in [3.63, 3.8) is 0 Å². The minimum Gasteiger partial charge on any atom is -0.307 e. The van der Waals surface area contributed by atoms with E-state index in [0.29, 0.717) is 0 Å². The van der Waals surface area contributed by atoms with E-state index in [1.807, 2.05) is 12.1 Å². The fourth-order valence-electron chi connectivity index (χ4n) is 0.892. The summed E-state index contributed by atoms with van der Waals surface area (Å²) in [5.41, 5.74) is 1.34. The first-order chi connectivity index (χ1) is 4.79. The van der Waals surface area contributed by atoms with E-state index in [-0.39, 0.29) is 51.4 Å². The summed E-state index contributed by atoms with van der Waals surface area (Å²) < 4.78 is 0. The van der Waals surface area contributed by atoms with Crippen LogP contribution in [0.1, 0.15) is 5.56 Å². The molecule has 2 heteroatoms. The molecule has 0 aliphatic carbocycles. The fraction of sp³-hybridized carbons (Fsp3) is 0.333. The van der Waals surface area contributed by atoms with Crippen LogP contribution >= 0.6 is 0 Å². The first-order valence-electron chi connectivity index (χ1n) is 3.39.